The van der Waals surface area contributed by atoms with Crippen LogP contribution in [0.3, 0.4) is 0 Å². The van der Waals surface area contributed by atoms with E-state index in [9.17, 15) is 9.90 Å². The fourth-order valence-corrected chi connectivity index (χ4v) is 2.13. The van der Waals surface area contributed by atoms with Crippen molar-refractivity contribution in [1.82, 2.24) is 5.32 Å². The van der Waals surface area contributed by atoms with Crippen LogP contribution in [-0.2, 0) is 4.79 Å². The van der Waals surface area contributed by atoms with Gasteiger partial charge in [-0.25, -0.2) is 0 Å². The third-order valence-corrected chi connectivity index (χ3v) is 3.54. The van der Waals surface area contributed by atoms with E-state index in [1.807, 2.05) is 26.0 Å². The van der Waals surface area contributed by atoms with Crippen molar-refractivity contribution in [2.24, 2.45) is 0 Å². The molecule has 98 valence electrons. The lowest BCUT2D eigenvalue weighted by molar-refractivity contribution is -0.139. The predicted octanol–water partition coefficient (Wildman–Crippen LogP) is 2.19. The molecule has 0 heterocycles. The van der Waals surface area contributed by atoms with Gasteiger partial charge in [-0.1, -0.05) is 6.07 Å². The molecule has 1 aromatic carbocycles. The molecule has 2 rings (SSSR count). The molecule has 0 saturated heterocycles. The average Bonchev–Trinajstić information content (AvgIpc) is 3.14. The van der Waals surface area contributed by atoms with Crippen LogP contribution in [0.2, 0.25) is 0 Å². The van der Waals surface area contributed by atoms with E-state index in [2.05, 4.69) is 5.32 Å². The zero-order valence-corrected chi connectivity index (χ0v) is 11.0. The largest absolute Gasteiger partial charge is 0.496 e. The summed E-state index contributed by atoms with van der Waals surface area (Å²) in [6, 6.07) is 3.41. The van der Waals surface area contributed by atoms with Crippen molar-refractivity contribution in [2.45, 2.75) is 38.8 Å². The van der Waals surface area contributed by atoms with Gasteiger partial charge in [-0.3, -0.25) is 10.1 Å². The molecule has 4 heteroatoms. The van der Waals surface area contributed by atoms with Gasteiger partial charge in [-0.05, 0) is 49.4 Å². The number of ether oxygens (including phenoxy) is 1. The number of methoxy groups -OCH3 is 1. The number of carboxylic acids is 1. The first kappa shape index (κ1) is 12.9. The fraction of sp³-hybridized carbons (Fsp3) is 0.500. The molecule has 0 spiro atoms. The lowest BCUT2D eigenvalue weighted by atomic mass is 9.96. The molecule has 4 nitrogen and oxygen atoms in total. The minimum Gasteiger partial charge on any atom is -0.496 e. The summed E-state index contributed by atoms with van der Waals surface area (Å²) in [6.07, 6.45) is 2.13. The van der Waals surface area contributed by atoms with Crippen LogP contribution in [0.25, 0.3) is 0 Å². The Balaban J connectivity index is 2.34. The Morgan fingerprint density at radius 1 is 1.39 bits per heavy atom. The van der Waals surface area contributed by atoms with Crippen molar-refractivity contribution in [3.63, 3.8) is 0 Å². The van der Waals surface area contributed by atoms with Crippen molar-refractivity contribution in [3.05, 3.63) is 28.8 Å². The van der Waals surface area contributed by atoms with E-state index in [4.69, 9.17) is 4.74 Å². The second kappa shape index (κ2) is 4.98. The maximum atomic E-state index is 11.4. The second-order valence-corrected chi connectivity index (χ2v) is 4.82. The normalized spacial score (nSPS) is 16.4. The van der Waals surface area contributed by atoms with Crippen LogP contribution in [0.5, 0.6) is 5.75 Å². The molecule has 0 amide bonds. The highest BCUT2D eigenvalue weighted by atomic mass is 16.5. The average molecular weight is 249 g/mol. The number of carbonyl (C=O) groups is 1. The van der Waals surface area contributed by atoms with Gasteiger partial charge < -0.3 is 9.84 Å². The Labute approximate surface area is 107 Å². The Bertz CT molecular complexity index is 466. The summed E-state index contributed by atoms with van der Waals surface area (Å²) in [5.41, 5.74) is 2.81. The summed E-state index contributed by atoms with van der Waals surface area (Å²) in [5, 5.41) is 12.5. The van der Waals surface area contributed by atoms with Crippen LogP contribution in [0.15, 0.2) is 12.1 Å². The molecule has 1 unspecified atom stereocenters. The van der Waals surface area contributed by atoms with Gasteiger partial charge in [0.05, 0.1) is 7.11 Å². The van der Waals surface area contributed by atoms with E-state index in [1.54, 1.807) is 7.11 Å². The quantitative estimate of drug-likeness (QED) is 0.839. The lowest BCUT2D eigenvalue weighted by Crippen LogP contribution is -2.30. The van der Waals surface area contributed by atoms with Crippen molar-refractivity contribution in [3.8, 4) is 5.75 Å². The minimum atomic E-state index is -0.824. The van der Waals surface area contributed by atoms with Gasteiger partial charge in [-0.15, -0.1) is 0 Å². The second-order valence-electron chi connectivity index (χ2n) is 4.82. The van der Waals surface area contributed by atoms with Crippen LogP contribution in [0.4, 0.5) is 0 Å². The van der Waals surface area contributed by atoms with Crippen LogP contribution in [0.1, 0.15) is 35.6 Å². The van der Waals surface area contributed by atoms with Gasteiger partial charge >= 0.3 is 5.97 Å². The van der Waals surface area contributed by atoms with E-state index in [1.165, 1.54) is 0 Å². The third kappa shape index (κ3) is 2.48. The van der Waals surface area contributed by atoms with E-state index in [0.29, 0.717) is 6.04 Å². The van der Waals surface area contributed by atoms with Gasteiger partial charge in [0.15, 0.2) is 0 Å². The summed E-state index contributed by atoms with van der Waals surface area (Å²) < 4.78 is 5.25. The highest BCUT2D eigenvalue weighted by Gasteiger charge is 2.30. The third-order valence-electron chi connectivity index (χ3n) is 3.54. The van der Waals surface area contributed by atoms with E-state index >= 15 is 0 Å². The summed E-state index contributed by atoms with van der Waals surface area (Å²) in [6.45, 7) is 3.89. The number of hydrogen-bond acceptors (Lipinski definition) is 3. The molecule has 18 heavy (non-hydrogen) atoms. The van der Waals surface area contributed by atoms with Gasteiger partial charge in [-0.2, -0.15) is 0 Å². The highest BCUT2D eigenvalue weighted by molar-refractivity contribution is 5.76. The van der Waals surface area contributed by atoms with E-state index in [-0.39, 0.29) is 0 Å². The molecule has 0 bridgehead atoms. The molecule has 2 N–H and O–H groups in total. The summed E-state index contributed by atoms with van der Waals surface area (Å²) >= 11 is 0. The Hall–Kier alpha value is -1.55. The first-order valence-corrected chi connectivity index (χ1v) is 6.17. The van der Waals surface area contributed by atoms with Crippen molar-refractivity contribution >= 4 is 5.97 Å². The van der Waals surface area contributed by atoms with Crippen LogP contribution in [-0.4, -0.2) is 24.2 Å². The van der Waals surface area contributed by atoms with Crippen molar-refractivity contribution < 1.29 is 14.6 Å². The molecule has 1 atom stereocenters. The summed E-state index contributed by atoms with van der Waals surface area (Å²) in [5.74, 6) is -0.0265. The minimum absolute atomic E-state index is 0.355. The number of nitrogens with one attached hydrogen (secondary N) is 1. The maximum absolute atomic E-state index is 11.4. The van der Waals surface area contributed by atoms with Crippen molar-refractivity contribution in [1.29, 1.82) is 0 Å². The summed E-state index contributed by atoms with van der Waals surface area (Å²) in [7, 11) is 1.62. The Morgan fingerprint density at radius 3 is 2.56 bits per heavy atom. The molecular weight excluding hydrogens is 230 g/mol. The van der Waals surface area contributed by atoms with Crippen LogP contribution < -0.4 is 10.1 Å². The monoisotopic (exact) mass is 249 g/mol. The number of rotatable bonds is 5. The van der Waals surface area contributed by atoms with Crippen molar-refractivity contribution in [2.75, 3.05) is 7.11 Å². The molecular formula is C14H19NO3. The standard InChI is InChI=1S/C14H19NO3/c1-8-9(2)12(18-3)7-6-11(8)13(14(16)17)15-10-4-5-10/h6-7,10,13,15H,4-5H2,1-3H3,(H,16,17). The smallest absolute Gasteiger partial charge is 0.325 e. The zero-order chi connectivity index (χ0) is 13.3. The molecule has 0 radical (unpaired) electrons. The Morgan fingerprint density at radius 2 is 2.06 bits per heavy atom. The SMILES string of the molecule is COc1ccc(C(NC2CC2)C(=O)O)c(C)c1C. The van der Waals surface area contributed by atoms with Gasteiger partial charge in [0, 0.05) is 6.04 Å². The molecule has 0 aliphatic heterocycles. The molecule has 0 aromatic heterocycles. The van der Waals surface area contributed by atoms with Gasteiger partial charge in [0.1, 0.15) is 11.8 Å². The predicted molar refractivity (Wildman–Crippen MR) is 69.0 cm³/mol. The molecule has 1 saturated carbocycles. The molecule has 1 aliphatic rings. The van der Waals surface area contributed by atoms with Crippen LogP contribution >= 0.6 is 0 Å². The van der Waals surface area contributed by atoms with Crippen LogP contribution in [0, 0.1) is 13.8 Å². The maximum Gasteiger partial charge on any atom is 0.325 e. The topological polar surface area (TPSA) is 58.6 Å². The highest BCUT2D eigenvalue weighted by Crippen LogP contribution is 2.30. The number of benzene rings is 1. The van der Waals surface area contributed by atoms with E-state index < -0.39 is 12.0 Å². The number of hydrogen-bond donors (Lipinski definition) is 2. The van der Waals surface area contributed by atoms with Gasteiger partial charge in [0.2, 0.25) is 0 Å². The zero-order valence-electron chi connectivity index (χ0n) is 11.0. The number of carboxylic acid groups (broad SMARTS) is 1. The van der Waals surface area contributed by atoms with Gasteiger partial charge in [0.25, 0.3) is 0 Å². The number of aliphatic carboxylic acids is 1. The Kier molecular flexibility index (Phi) is 3.57. The van der Waals surface area contributed by atoms with E-state index in [0.717, 1.165) is 35.3 Å². The molecule has 1 fully saturated rings. The first-order chi connectivity index (χ1) is 8.54. The fourth-order valence-electron chi connectivity index (χ4n) is 2.13. The molecule has 1 aliphatic carbocycles. The summed E-state index contributed by atoms with van der Waals surface area (Å²) in [4.78, 5) is 11.4. The lowest BCUT2D eigenvalue weighted by Gasteiger charge is -2.19. The molecule has 1 aromatic rings. The first-order valence-electron chi connectivity index (χ1n) is 6.17.